The smallest absolute Gasteiger partial charge is 0.175 e. The third-order valence-corrected chi connectivity index (χ3v) is 7.76. The molecule has 4 aromatic rings. The Bertz CT molecular complexity index is 1650. The van der Waals surface area contributed by atoms with Crippen LogP contribution in [0, 0.1) is 38.0 Å². The fourth-order valence-electron chi connectivity index (χ4n) is 3.53. The Morgan fingerprint density at radius 3 is 1.07 bits per heavy atom. The van der Waals surface area contributed by atoms with E-state index in [1.165, 1.54) is 48.5 Å². The second-order valence-corrected chi connectivity index (χ2v) is 11.6. The molecule has 0 aromatic heterocycles. The molecule has 0 unspecified atom stereocenters. The number of hydrogen-bond donors (Lipinski definition) is 0. The van der Waals surface area contributed by atoms with Crippen molar-refractivity contribution in [3.63, 3.8) is 0 Å². The Kier molecular flexibility index (Phi) is 18.1. The Balaban J connectivity index is 0.000000770. The molecule has 0 amide bonds. The summed E-state index contributed by atoms with van der Waals surface area (Å²) in [7, 11) is -3.25. The first-order valence-electron chi connectivity index (χ1n) is 11.9. The van der Waals surface area contributed by atoms with E-state index in [1.807, 2.05) is 30.5 Å². The van der Waals surface area contributed by atoms with Crippen molar-refractivity contribution < 1.29 is 82.6 Å². The summed E-state index contributed by atoms with van der Waals surface area (Å²) in [5, 5.41) is 0. The summed E-state index contributed by atoms with van der Waals surface area (Å²) in [4.78, 5) is 1.37. The van der Waals surface area contributed by atoms with Gasteiger partial charge in [-0.25, -0.2) is 17.2 Å². The van der Waals surface area contributed by atoms with Gasteiger partial charge in [0.1, 0.15) is 11.6 Å². The van der Waals surface area contributed by atoms with Crippen LogP contribution in [0.2, 0.25) is 0 Å². The molecule has 0 aliphatic carbocycles. The number of benzene rings is 4. The van der Waals surface area contributed by atoms with Gasteiger partial charge in [0.2, 0.25) is 0 Å². The van der Waals surface area contributed by atoms with Crippen molar-refractivity contribution in [2.24, 2.45) is 0 Å². The van der Waals surface area contributed by atoms with E-state index in [0.29, 0.717) is 39.0 Å². The first-order chi connectivity index (χ1) is 18.9. The molecule has 4 rings (SSSR count). The van der Waals surface area contributed by atoms with Crippen LogP contribution >= 0.6 is 11.8 Å². The minimum Gasteiger partial charge on any atom is -0.298 e. The Labute approximate surface area is 310 Å². The van der Waals surface area contributed by atoms with E-state index in [9.17, 15) is 17.2 Å². The van der Waals surface area contributed by atoms with Crippen LogP contribution in [0.1, 0.15) is 29.7 Å². The molecule has 43 heavy (non-hydrogen) atoms. The van der Waals surface area contributed by atoms with Crippen molar-refractivity contribution in [2.45, 2.75) is 17.2 Å². The summed E-state index contributed by atoms with van der Waals surface area (Å²) in [5.74, 6) is -0.651. The predicted octanol–water partition coefficient (Wildman–Crippen LogP) is 9.07. The van der Waals surface area contributed by atoms with E-state index in [4.69, 9.17) is 26.3 Å². The molecular weight excluding hydrogens is 732 g/mol. The minimum atomic E-state index is -3.25. The van der Waals surface area contributed by atoms with E-state index in [0.717, 1.165) is 16.7 Å². The van der Waals surface area contributed by atoms with Gasteiger partial charge in [0.05, 0.1) is 4.90 Å². The Morgan fingerprint density at radius 2 is 0.814 bits per heavy atom. The van der Waals surface area contributed by atoms with Crippen LogP contribution < -0.4 is 0 Å². The molecule has 4 aromatic carbocycles. The quantitative estimate of drug-likeness (QED) is 0.102. The van der Waals surface area contributed by atoms with Gasteiger partial charge in [0.15, 0.2) is 9.84 Å². The first kappa shape index (κ1) is 41.2. The zero-order valence-electron chi connectivity index (χ0n) is 23.1. The summed E-state index contributed by atoms with van der Waals surface area (Å²) in [6, 6.07) is 25.6. The van der Waals surface area contributed by atoms with Crippen LogP contribution in [0.4, 0.5) is 8.78 Å². The average Bonchev–Trinajstić information content (AvgIpc) is 2.96. The molecule has 0 atom stereocenters. The number of sulfone groups is 1. The summed E-state index contributed by atoms with van der Waals surface area (Å²) >= 11 is 1.67. The minimum absolute atomic E-state index is 0. The van der Waals surface area contributed by atoms with Crippen LogP contribution in [0.3, 0.4) is 0 Å². The monoisotopic (exact) mass is 762 g/mol. The van der Waals surface area contributed by atoms with Crippen molar-refractivity contribution in [3.05, 3.63) is 157 Å². The molecular formula is C35H30F2O2S2Y2-4. The molecule has 0 saturated heterocycles. The summed E-state index contributed by atoms with van der Waals surface area (Å²) in [5.41, 5.74) is 4.35. The van der Waals surface area contributed by atoms with Crippen LogP contribution in [0.15, 0.2) is 107 Å². The summed E-state index contributed by atoms with van der Waals surface area (Å²) in [6.07, 6.45) is 3.15. The molecule has 0 fully saturated rings. The van der Waals surface area contributed by atoms with Crippen molar-refractivity contribution in [3.8, 4) is 0 Å². The molecule has 0 aliphatic heterocycles. The van der Waals surface area contributed by atoms with Gasteiger partial charge in [-0.2, -0.15) is 22.3 Å². The number of thioether (sulfide) groups is 1. The first-order valence-corrected chi connectivity index (χ1v) is 15.0. The maximum atomic E-state index is 12.9. The Morgan fingerprint density at radius 1 is 0.558 bits per heavy atom. The molecule has 8 heteroatoms. The van der Waals surface area contributed by atoms with Gasteiger partial charge in [-0.3, -0.25) is 48.6 Å². The number of rotatable bonds is 8. The Hall–Kier alpha value is -1.79. The second kappa shape index (κ2) is 18.9. The van der Waals surface area contributed by atoms with Crippen LogP contribution in [-0.4, -0.2) is 20.9 Å². The zero-order valence-corrected chi connectivity index (χ0v) is 30.4. The van der Waals surface area contributed by atoms with E-state index >= 15 is 0 Å². The predicted molar refractivity (Wildman–Crippen MR) is 168 cm³/mol. The van der Waals surface area contributed by atoms with Gasteiger partial charge in [0.25, 0.3) is 0 Å². The third-order valence-electron chi connectivity index (χ3n) is 5.89. The average molecular weight is 763 g/mol. The maximum Gasteiger partial charge on any atom is 0.175 e. The fourth-order valence-corrected chi connectivity index (χ4v) is 4.57. The molecule has 0 aliphatic rings. The fraction of sp³-hybridized carbons (Fsp3) is 0.0857. The SMILES string of the molecule is C.[CH-]=C(C(=[CH-])c1ccc(S(C)(=O)=O)cc1)c1ccc(F)cc1.[CH-]=C(C(=[CH-])c1ccc(SC)cc1)c1ccc(F)cc1.[Y].[Y]. The topological polar surface area (TPSA) is 34.1 Å². The third kappa shape index (κ3) is 11.9. The van der Waals surface area contributed by atoms with Crippen molar-refractivity contribution >= 4 is 43.9 Å². The van der Waals surface area contributed by atoms with E-state index in [1.54, 1.807) is 36.0 Å². The number of halogens is 2. The van der Waals surface area contributed by atoms with Gasteiger partial charge >= 0.3 is 0 Å². The molecule has 2 radical (unpaired) electrons. The van der Waals surface area contributed by atoms with Gasteiger partial charge < -0.3 is 0 Å². The van der Waals surface area contributed by atoms with Gasteiger partial charge in [-0.15, -0.1) is 60.3 Å². The van der Waals surface area contributed by atoms with E-state index in [-0.39, 0.29) is 89.4 Å². The molecule has 0 bridgehead atoms. The molecule has 0 saturated carbocycles. The molecule has 0 heterocycles. The zero-order chi connectivity index (χ0) is 29.4. The van der Waals surface area contributed by atoms with Crippen LogP contribution in [-0.2, 0) is 75.3 Å². The summed E-state index contributed by atoms with van der Waals surface area (Å²) < 4.78 is 48.5. The van der Waals surface area contributed by atoms with Gasteiger partial charge in [-0.1, -0.05) is 31.7 Å². The summed E-state index contributed by atoms with van der Waals surface area (Å²) in [6.45, 7) is 24.0. The van der Waals surface area contributed by atoms with E-state index in [2.05, 4.69) is 0 Å². The van der Waals surface area contributed by atoms with Crippen molar-refractivity contribution in [1.82, 2.24) is 0 Å². The van der Waals surface area contributed by atoms with E-state index < -0.39 is 9.84 Å². The molecule has 0 N–H and O–H groups in total. The van der Waals surface area contributed by atoms with Gasteiger partial charge in [0, 0.05) is 76.6 Å². The standard InChI is InChI=1S/C17H13FO2S.C17H13FS.CH4.2Y/c1-12(14-4-8-16(18)9-5-14)13(2)15-6-10-17(11-7-15)21(3,19)20;1-12(14-4-8-16(18)9-5-14)13(2)15-6-10-17(19-3)11-7-15;;;/h1-2,4-11H,3H3;1-2,4-11H,3H3;1H4;;/q2*-2;;;. The van der Waals surface area contributed by atoms with Crippen molar-refractivity contribution in [1.29, 1.82) is 0 Å². The largest absolute Gasteiger partial charge is 0.298 e. The number of hydrogen-bond acceptors (Lipinski definition) is 3. The van der Waals surface area contributed by atoms with Crippen molar-refractivity contribution in [2.75, 3.05) is 12.5 Å². The number of allylic oxidation sites excluding steroid dienone is 4. The maximum absolute atomic E-state index is 12.9. The molecule has 2 nitrogen and oxygen atoms in total. The second-order valence-electron chi connectivity index (χ2n) is 8.69. The van der Waals surface area contributed by atoms with Crippen LogP contribution in [0.5, 0.6) is 0 Å². The molecule has 0 spiro atoms. The van der Waals surface area contributed by atoms with Crippen LogP contribution in [0.25, 0.3) is 22.3 Å². The molecule has 218 valence electrons. The van der Waals surface area contributed by atoms with Gasteiger partial charge in [-0.05, 0) is 30.5 Å². The normalized spacial score (nSPS) is 9.95.